The zero-order chi connectivity index (χ0) is 9.23. The first-order valence-electron chi connectivity index (χ1n) is 4.97. The van der Waals surface area contributed by atoms with E-state index in [-0.39, 0.29) is 0 Å². The fourth-order valence-corrected chi connectivity index (χ4v) is 2.72. The van der Waals surface area contributed by atoms with E-state index >= 15 is 0 Å². The zero-order valence-electron chi connectivity index (χ0n) is 7.99. The van der Waals surface area contributed by atoms with Crippen LogP contribution in [0.1, 0.15) is 45.4 Å². The Kier molecular flexibility index (Phi) is 10.8. The van der Waals surface area contributed by atoms with Gasteiger partial charge in [-0.15, -0.1) is 0 Å². The van der Waals surface area contributed by atoms with Crippen molar-refractivity contribution in [3.63, 3.8) is 0 Å². The van der Waals surface area contributed by atoms with E-state index in [2.05, 4.69) is 38.8 Å². The SMILES string of the molecule is CCCCCC(CCBr)CCBr. The summed E-state index contributed by atoms with van der Waals surface area (Å²) in [5, 5.41) is 2.33. The summed E-state index contributed by atoms with van der Waals surface area (Å²) in [6.07, 6.45) is 8.27. The minimum absolute atomic E-state index is 0.940. The average Bonchev–Trinajstić information content (AvgIpc) is 2.06. The third-order valence-corrected chi connectivity index (χ3v) is 3.17. The van der Waals surface area contributed by atoms with Crippen molar-refractivity contribution >= 4 is 31.9 Å². The van der Waals surface area contributed by atoms with Gasteiger partial charge in [-0.1, -0.05) is 64.5 Å². The number of rotatable bonds is 8. The largest absolute Gasteiger partial charge is 0.0928 e. The lowest BCUT2D eigenvalue weighted by molar-refractivity contribution is 0.440. The van der Waals surface area contributed by atoms with E-state index in [4.69, 9.17) is 0 Å². The molecular weight excluding hydrogens is 280 g/mol. The summed E-state index contributed by atoms with van der Waals surface area (Å²) >= 11 is 7.03. The Bertz CT molecular complexity index is 77.9. The highest BCUT2D eigenvalue weighted by molar-refractivity contribution is 9.09. The average molecular weight is 300 g/mol. The third-order valence-electron chi connectivity index (χ3n) is 2.25. The van der Waals surface area contributed by atoms with Gasteiger partial charge in [-0.05, 0) is 18.8 Å². The Balaban J connectivity index is 3.34. The lowest BCUT2D eigenvalue weighted by Gasteiger charge is -2.13. The molecule has 0 aliphatic rings. The monoisotopic (exact) mass is 298 g/mol. The van der Waals surface area contributed by atoms with Crippen molar-refractivity contribution in [2.75, 3.05) is 10.7 Å². The maximum absolute atomic E-state index is 3.51. The second-order valence-corrected chi connectivity index (χ2v) is 4.90. The van der Waals surface area contributed by atoms with E-state index in [9.17, 15) is 0 Å². The first-order valence-corrected chi connectivity index (χ1v) is 7.21. The zero-order valence-corrected chi connectivity index (χ0v) is 11.2. The molecule has 0 fully saturated rings. The van der Waals surface area contributed by atoms with Gasteiger partial charge in [-0.3, -0.25) is 0 Å². The molecule has 0 spiro atoms. The molecule has 0 radical (unpaired) electrons. The number of halogens is 2. The van der Waals surface area contributed by atoms with Crippen LogP contribution in [-0.4, -0.2) is 10.7 Å². The maximum atomic E-state index is 3.51. The van der Waals surface area contributed by atoms with E-state index in [1.807, 2.05) is 0 Å². The molecule has 0 atom stereocenters. The van der Waals surface area contributed by atoms with Crippen molar-refractivity contribution in [1.82, 2.24) is 0 Å². The second-order valence-electron chi connectivity index (χ2n) is 3.32. The Morgan fingerprint density at radius 2 is 1.50 bits per heavy atom. The van der Waals surface area contributed by atoms with Crippen LogP contribution in [0, 0.1) is 5.92 Å². The minimum atomic E-state index is 0.940. The summed E-state index contributed by atoms with van der Waals surface area (Å²) in [6, 6.07) is 0. The van der Waals surface area contributed by atoms with Crippen LogP contribution in [0.2, 0.25) is 0 Å². The third kappa shape index (κ3) is 7.60. The fourth-order valence-electron chi connectivity index (χ4n) is 1.42. The summed E-state index contributed by atoms with van der Waals surface area (Å²) in [5.74, 6) is 0.940. The molecule has 0 nitrogen and oxygen atoms in total. The first kappa shape index (κ1) is 13.0. The van der Waals surface area contributed by atoms with Crippen LogP contribution in [0.5, 0.6) is 0 Å². The molecule has 0 saturated heterocycles. The van der Waals surface area contributed by atoms with E-state index in [0.29, 0.717) is 0 Å². The van der Waals surface area contributed by atoms with Crippen LogP contribution in [-0.2, 0) is 0 Å². The van der Waals surface area contributed by atoms with Crippen LogP contribution in [0.25, 0.3) is 0 Å². The Labute approximate surface area is 93.8 Å². The summed E-state index contributed by atoms with van der Waals surface area (Å²) < 4.78 is 0. The number of hydrogen-bond donors (Lipinski definition) is 0. The molecule has 0 amide bonds. The minimum Gasteiger partial charge on any atom is -0.0928 e. The molecule has 0 bridgehead atoms. The van der Waals surface area contributed by atoms with Crippen molar-refractivity contribution in [3.05, 3.63) is 0 Å². The lowest BCUT2D eigenvalue weighted by Crippen LogP contribution is -2.02. The molecule has 0 aromatic rings. The molecular formula is C10H20Br2. The van der Waals surface area contributed by atoms with Gasteiger partial charge in [0.25, 0.3) is 0 Å². The topological polar surface area (TPSA) is 0 Å². The van der Waals surface area contributed by atoms with Gasteiger partial charge in [0.1, 0.15) is 0 Å². The highest BCUT2D eigenvalue weighted by atomic mass is 79.9. The summed E-state index contributed by atoms with van der Waals surface area (Å²) in [5.41, 5.74) is 0. The molecule has 0 aromatic heterocycles. The Hall–Kier alpha value is 0.960. The molecule has 0 N–H and O–H groups in total. The van der Waals surface area contributed by atoms with Gasteiger partial charge >= 0.3 is 0 Å². The summed E-state index contributed by atoms with van der Waals surface area (Å²) in [6.45, 7) is 2.27. The van der Waals surface area contributed by atoms with Crippen molar-refractivity contribution in [3.8, 4) is 0 Å². The van der Waals surface area contributed by atoms with Crippen LogP contribution in [0.4, 0.5) is 0 Å². The van der Waals surface area contributed by atoms with Gasteiger partial charge in [0.05, 0.1) is 0 Å². The molecule has 2 heteroatoms. The normalized spacial score (nSPS) is 11.0. The highest BCUT2D eigenvalue weighted by Crippen LogP contribution is 2.19. The molecule has 0 aromatic carbocycles. The van der Waals surface area contributed by atoms with Crippen LogP contribution in [0.3, 0.4) is 0 Å². The fraction of sp³-hybridized carbons (Fsp3) is 1.00. The Morgan fingerprint density at radius 3 is 1.92 bits per heavy atom. The molecule has 12 heavy (non-hydrogen) atoms. The van der Waals surface area contributed by atoms with E-state index in [1.54, 1.807) is 0 Å². The number of unbranched alkanes of at least 4 members (excludes halogenated alkanes) is 2. The predicted octanol–water partition coefficient (Wildman–Crippen LogP) is 4.75. The molecule has 0 unspecified atom stereocenters. The van der Waals surface area contributed by atoms with E-state index < -0.39 is 0 Å². The smallest absolute Gasteiger partial charge is 0.00339 e. The first-order chi connectivity index (χ1) is 5.85. The summed E-state index contributed by atoms with van der Waals surface area (Å²) in [7, 11) is 0. The van der Waals surface area contributed by atoms with Gasteiger partial charge in [0.15, 0.2) is 0 Å². The second kappa shape index (κ2) is 10.0. The van der Waals surface area contributed by atoms with Crippen LogP contribution >= 0.6 is 31.9 Å². The lowest BCUT2D eigenvalue weighted by atomic mass is 9.96. The standard InChI is InChI=1S/C10H20Br2/c1-2-3-4-5-10(6-8-11)7-9-12/h10H,2-9H2,1H3. The number of alkyl halides is 2. The van der Waals surface area contributed by atoms with Gasteiger partial charge in [0, 0.05) is 10.7 Å². The molecule has 0 saturated carbocycles. The summed E-state index contributed by atoms with van der Waals surface area (Å²) in [4.78, 5) is 0. The van der Waals surface area contributed by atoms with Gasteiger partial charge in [0.2, 0.25) is 0 Å². The predicted molar refractivity (Wildman–Crippen MR) is 64.5 cm³/mol. The van der Waals surface area contributed by atoms with Crippen LogP contribution in [0.15, 0.2) is 0 Å². The highest BCUT2D eigenvalue weighted by Gasteiger charge is 2.05. The van der Waals surface area contributed by atoms with Gasteiger partial charge in [-0.2, -0.15) is 0 Å². The molecule has 74 valence electrons. The van der Waals surface area contributed by atoms with Crippen molar-refractivity contribution in [2.24, 2.45) is 5.92 Å². The molecule has 0 heterocycles. The van der Waals surface area contributed by atoms with Crippen molar-refractivity contribution < 1.29 is 0 Å². The Morgan fingerprint density at radius 1 is 0.917 bits per heavy atom. The molecule has 0 aliphatic heterocycles. The van der Waals surface area contributed by atoms with Gasteiger partial charge < -0.3 is 0 Å². The van der Waals surface area contributed by atoms with Gasteiger partial charge in [-0.25, -0.2) is 0 Å². The molecule has 0 aliphatic carbocycles. The quantitative estimate of drug-likeness (QED) is 0.448. The maximum Gasteiger partial charge on any atom is 0.00339 e. The van der Waals surface area contributed by atoms with Crippen molar-refractivity contribution in [2.45, 2.75) is 45.4 Å². The van der Waals surface area contributed by atoms with E-state index in [0.717, 1.165) is 16.6 Å². The van der Waals surface area contributed by atoms with Crippen LogP contribution < -0.4 is 0 Å². The molecule has 0 rings (SSSR count). The van der Waals surface area contributed by atoms with Crippen molar-refractivity contribution in [1.29, 1.82) is 0 Å². The van der Waals surface area contributed by atoms with E-state index in [1.165, 1.54) is 38.5 Å². The number of hydrogen-bond acceptors (Lipinski definition) is 0.